The molecule has 1 saturated heterocycles. The average Bonchev–Trinajstić information content (AvgIpc) is 3.08. The predicted molar refractivity (Wildman–Crippen MR) is 96.8 cm³/mol. The number of anilines is 1. The second kappa shape index (κ2) is 9.85. The minimum absolute atomic E-state index is 0. The molecule has 0 spiro atoms. The molecule has 0 radical (unpaired) electrons. The Morgan fingerprint density at radius 1 is 1.31 bits per heavy atom. The van der Waals surface area contributed by atoms with Crippen molar-refractivity contribution < 1.29 is 14.3 Å². The van der Waals surface area contributed by atoms with Gasteiger partial charge in [0.1, 0.15) is 19.0 Å². The van der Waals surface area contributed by atoms with Crippen molar-refractivity contribution in [2.75, 3.05) is 25.0 Å². The number of amides is 2. The monoisotopic (exact) mass is 380 g/mol. The van der Waals surface area contributed by atoms with Crippen LogP contribution in [0.15, 0.2) is 36.7 Å². The number of carbonyl (C=O) groups is 2. The van der Waals surface area contributed by atoms with Crippen molar-refractivity contribution in [2.24, 2.45) is 0 Å². The van der Waals surface area contributed by atoms with Crippen LogP contribution in [0.25, 0.3) is 0 Å². The smallest absolute Gasteiger partial charge is 0.257 e. The summed E-state index contributed by atoms with van der Waals surface area (Å²) in [6, 6.07) is 9.63. The number of hydrogen-bond donors (Lipinski definition) is 3. The molecule has 0 saturated carbocycles. The Kier molecular flexibility index (Phi) is 7.52. The van der Waals surface area contributed by atoms with Crippen molar-refractivity contribution >= 4 is 30.2 Å². The summed E-state index contributed by atoms with van der Waals surface area (Å²) in [6.45, 7) is 2.14. The van der Waals surface area contributed by atoms with Gasteiger partial charge >= 0.3 is 0 Å². The van der Waals surface area contributed by atoms with Crippen molar-refractivity contribution in [1.29, 1.82) is 0 Å². The number of aromatic nitrogens is 3. The number of carbonyl (C=O) groups excluding carboxylic acids is 2. The number of ether oxygens (including phenoxy) is 1. The van der Waals surface area contributed by atoms with Gasteiger partial charge in [-0.1, -0.05) is 30.3 Å². The molecule has 9 nitrogen and oxygen atoms in total. The molecule has 140 valence electrons. The van der Waals surface area contributed by atoms with E-state index >= 15 is 0 Å². The number of hydrogen-bond acceptors (Lipinski definition) is 6. The third-order valence-corrected chi connectivity index (χ3v) is 3.63. The third-order valence-electron chi connectivity index (χ3n) is 3.63. The number of halogens is 1. The van der Waals surface area contributed by atoms with E-state index < -0.39 is 6.10 Å². The highest BCUT2D eigenvalue weighted by atomic mass is 35.5. The molecule has 1 atom stereocenters. The van der Waals surface area contributed by atoms with Crippen LogP contribution in [0.5, 0.6) is 0 Å². The summed E-state index contributed by atoms with van der Waals surface area (Å²) in [4.78, 5) is 27.9. The first-order valence-corrected chi connectivity index (χ1v) is 8.04. The van der Waals surface area contributed by atoms with Crippen molar-refractivity contribution in [3.05, 3.63) is 42.2 Å². The number of morpholine rings is 1. The molecule has 0 bridgehead atoms. The molecule has 1 fully saturated rings. The largest absolute Gasteiger partial charge is 0.366 e. The Labute approximate surface area is 156 Å². The highest BCUT2D eigenvalue weighted by Crippen LogP contribution is 2.02. The summed E-state index contributed by atoms with van der Waals surface area (Å²) >= 11 is 0. The summed E-state index contributed by atoms with van der Waals surface area (Å²) in [7, 11) is 0. The zero-order chi connectivity index (χ0) is 17.5. The van der Waals surface area contributed by atoms with Gasteiger partial charge in [-0.25, -0.2) is 9.67 Å². The van der Waals surface area contributed by atoms with Gasteiger partial charge in [0.15, 0.2) is 0 Å². The zero-order valence-corrected chi connectivity index (χ0v) is 14.9. The molecule has 2 amide bonds. The second-order valence-corrected chi connectivity index (χ2v) is 5.58. The molecule has 1 aliphatic rings. The van der Waals surface area contributed by atoms with Crippen LogP contribution in [0.3, 0.4) is 0 Å². The minimum Gasteiger partial charge on any atom is -0.366 e. The topological polar surface area (TPSA) is 110 Å². The molecule has 2 heterocycles. The van der Waals surface area contributed by atoms with Crippen molar-refractivity contribution in [2.45, 2.75) is 19.2 Å². The minimum atomic E-state index is -0.560. The summed E-state index contributed by atoms with van der Waals surface area (Å²) in [5.74, 6) is -0.347. The van der Waals surface area contributed by atoms with Crippen molar-refractivity contribution in [1.82, 2.24) is 25.4 Å². The maximum Gasteiger partial charge on any atom is 0.257 e. The lowest BCUT2D eigenvalue weighted by Gasteiger charge is -2.21. The van der Waals surface area contributed by atoms with Crippen LogP contribution in [-0.4, -0.2) is 52.4 Å². The van der Waals surface area contributed by atoms with E-state index in [0.29, 0.717) is 19.7 Å². The van der Waals surface area contributed by atoms with Crippen LogP contribution in [0.1, 0.15) is 5.56 Å². The second-order valence-electron chi connectivity index (χ2n) is 5.58. The molecular formula is C16H21ClN6O3. The first kappa shape index (κ1) is 19.8. The van der Waals surface area contributed by atoms with Gasteiger partial charge < -0.3 is 15.4 Å². The molecule has 10 heteroatoms. The van der Waals surface area contributed by atoms with Crippen LogP contribution in [0.4, 0.5) is 5.95 Å². The normalized spacial score (nSPS) is 16.4. The Bertz CT molecular complexity index is 718. The fourth-order valence-electron chi connectivity index (χ4n) is 2.35. The van der Waals surface area contributed by atoms with E-state index in [-0.39, 0.29) is 36.7 Å². The maximum atomic E-state index is 12.0. The molecule has 1 aromatic carbocycles. The van der Waals surface area contributed by atoms with Gasteiger partial charge in [-0.15, -0.1) is 17.5 Å². The first-order valence-electron chi connectivity index (χ1n) is 8.04. The maximum absolute atomic E-state index is 12.0. The van der Waals surface area contributed by atoms with E-state index in [2.05, 4.69) is 26.0 Å². The van der Waals surface area contributed by atoms with Crippen LogP contribution >= 0.6 is 12.4 Å². The Morgan fingerprint density at radius 2 is 2.12 bits per heavy atom. The molecule has 2 aromatic rings. The Balaban J connectivity index is 0.00000243. The average molecular weight is 381 g/mol. The van der Waals surface area contributed by atoms with Gasteiger partial charge in [-0.2, -0.15) is 0 Å². The number of benzene rings is 1. The van der Waals surface area contributed by atoms with E-state index in [0.717, 1.165) is 12.1 Å². The van der Waals surface area contributed by atoms with Gasteiger partial charge in [-0.3, -0.25) is 14.9 Å². The van der Waals surface area contributed by atoms with Gasteiger partial charge in [0.05, 0.1) is 6.61 Å². The van der Waals surface area contributed by atoms with E-state index in [4.69, 9.17) is 4.74 Å². The molecule has 0 aliphatic carbocycles. The summed E-state index contributed by atoms with van der Waals surface area (Å²) in [6.07, 6.45) is 0.840. The molecule has 1 unspecified atom stereocenters. The van der Waals surface area contributed by atoms with Crippen molar-refractivity contribution in [3.8, 4) is 0 Å². The van der Waals surface area contributed by atoms with E-state index in [1.807, 2.05) is 30.3 Å². The van der Waals surface area contributed by atoms with Crippen LogP contribution in [0.2, 0.25) is 0 Å². The van der Waals surface area contributed by atoms with Crippen LogP contribution in [0, 0.1) is 0 Å². The lowest BCUT2D eigenvalue weighted by molar-refractivity contribution is -0.128. The lowest BCUT2D eigenvalue weighted by Crippen LogP contribution is -2.45. The molecule has 1 aliphatic heterocycles. The van der Waals surface area contributed by atoms with Crippen molar-refractivity contribution in [3.63, 3.8) is 0 Å². The fourth-order valence-corrected chi connectivity index (χ4v) is 2.35. The standard InChI is InChI=1S/C16H20N6O3.ClH/c23-14(18-8-12-4-2-1-3-5-12)10-22-11-19-16(21-22)20-15(24)13-9-17-6-7-25-13;/h1-5,11,13,17H,6-10H2,(H,18,23)(H,20,21,24);1H. The van der Waals surface area contributed by atoms with Crippen LogP contribution < -0.4 is 16.0 Å². The third kappa shape index (κ3) is 5.80. The highest BCUT2D eigenvalue weighted by Gasteiger charge is 2.22. The SMILES string of the molecule is Cl.O=C(Cn1cnc(NC(=O)C2CNCCO2)n1)NCc1ccccc1. The molecule has 1 aromatic heterocycles. The Hall–Kier alpha value is -2.49. The molecule has 26 heavy (non-hydrogen) atoms. The summed E-state index contributed by atoms with van der Waals surface area (Å²) in [5, 5.41) is 12.5. The van der Waals surface area contributed by atoms with Gasteiger partial charge in [0.2, 0.25) is 11.9 Å². The number of nitrogens with zero attached hydrogens (tertiary/aromatic N) is 3. The highest BCUT2D eigenvalue weighted by molar-refractivity contribution is 5.92. The summed E-state index contributed by atoms with van der Waals surface area (Å²) < 4.78 is 6.73. The van der Waals surface area contributed by atoms with Gasteiger partial charge in [0.25, 0.3) is 5.91 Å². The van der Waals surface area contributed by atoms with E-state index in [1.54, 1.807) is 0 Å². The number of nitrogens with one attached hydrogen (secondary N) is 3. The number of rotatable bonds is 6. The van der Waals surface area contributed by atoms with Gasteiger partial charge in [0, 0.05) is 19.6 Å². The van der Waals surface area contributed by atoms with E-state index in [1.165, 1.54) is 11.0 Å². The molecule has 3 rings (SSSR count). The quantitative estimate of drug-likeness (QED) is 0.647. The Morgan fingerprint density at radius 3 is 2.85 bits per heavy atom. The van der Waals surface area contributed by atoms with Crippen LogP contribution in [-0.2, 0) is 27.4 Å². The fraction of sp³-hybridized carbons (Fsp3) is 0.375. The molecular weight excluding hydrogens is 360 g/mol. The summed E-state index contributed by atoms with van der Waals surface area (Å²) in [5.41, 5.74) is 1.02. The molecule has 3 N–H and O–H groups in total. The zero-order valence-electron chi connectivity index (χ0n) is 14.1. The first-order chi connectivity index (χ1) is 12.2. The van der Waals surface area contributed by atoms with E-state index in [9.17, 15) is 9.59 Å². The van der Waals surface area contributed by atoms with Gasteiger partial charge in [-0.05, 0) is 5.56 Å². The predicted octanol–water partition coefficient (Wildman–Crippen LogP) is -0.0568. The lowest BCUT2D eigenvalue weighted by atomic mass is 10.2.